The summed E-state index contributed by atoms with van der Waals surface area (Å²) >= 11 is 5.92. The number of carbonyl (C=O) groups excluding carboxylic acids is 1. The molecule has 0 aromatic heterocycles. The van der Waals surface area contributed by atoms with Gasteiger partial charge in [0.05, 0.1) is 0 Å². The molecule has 0 saturated heterocycles. The lowest BCUT2D eigenvalue weighted by Gasteiger charge is -2.23. The van der Waals surface area contributed by atoms with Gasteiger partial charge in [0.25, 0.3) is 0 Å². The van der Waals surface area contributed by atoms with Crippen LogP contribution in [0.1, 0.15) is 37.7 Å². The molecule has 1 aromatic carbocycles. The summed E-state index contributed by atoms with van der Waals surface area (Å²) in [7, 11) is 0. The normalized spacial score (nSPS) is 16.3. The van der Waals surface area contributed by atoms with E-state index in [2.05, 4.69) is 10.6 Å². The molecular weight excluding hydrogens is 248 g/mol. The molecule has 1 fully saturated rings. The number of nitrogens with one attached hydrogen (secondary N) is 2. The summed E-state index contributed by atoms with van der Waals surface area (Å²) in [6.45, 7) is 1.95. The van der Waals surface area contributed by atoms with E-state index in [4.69, 9.17) is 11.6 Å². The molecule has 98 valence electrons. The van der Waals surface area contributed by atoms with Gasteiger partial charge in [0.1, 0.15) is 0 Å². The summed E-state index contributed by atoms with van der Waals surface area (Å²) in [4.78, 5) is 11.9. The van der Waals surface area contributed by atoms with E-state index in [0.29, 0.717) is 11.1 Å². The van der Waals surface area contributed by atoms with Crippen molar-refractivity contribution in [2.75, 3.05) is 5.32 Å². The Morgan fingerprint density at radius 1 is 1.28 bits per heavy atom. The summed E-state index contributed by atoms with van der Waals surface area (Å²) in [6.07, 6.45) is 5.87. The fraction of sp³-hybridized carbons (Fsp3) is 0.500. The second-order valence-corrected chi connectivity index (χ2v) is 5.33. The molecule has 0 aliphatic heterocycles. The van der Waals surface area contributed by atoms with Crippen LogP contribution in [0.25, 0.3) is 0 Å². The Labute approximate surface area is 113 Å². The van der Waals surface area contributed by atoms with Crippen LogP contribution in [-0.4, -0.2) is 12.1 Å². The molecule has 18 heavy (non-hydrogen) atoms. The molecule has 0 atom stereocenters. The lowest BCUT2D eigenvalue weighted by molar-refractivity contribution is 0.244. The minimum absolute atomic E-state index is 0.132. The zero-order valence-electron chi connectivity index (χ0n) is 10.6. The summed E-state index contributed by atoms with van der Waals surface area (Å²) in [5.74, 6) is 0. The minimum atomic E-state index is -0.132. The molecule has 3 nitrogen and oxygen atoms in total. The molecule has 0 bridgehead atoms. The third-order valence-electron chi connectivity index (χ3n) is 3.39. The van der Waals surface area contributed by atoms with Gasteiger partial charge in [0.15, 0.2) is 0 Å². The van der Waals surface area contributed by atoms with Crippen molar-refractivity contribution in [3.05, 3.63) is 28.8 Å². The summed E-state index contributed by atoms with van der Waals surface area (Å²) in [5, 5.41) is 6.52. The van der Waals surface area contributed by atoms with Gasteiger partial charge in [-0.3, -0.25) is 0 Å². The van der Waals surface area contributed by atoms with Gasteiger partial charge in [-0.05, 0) is 37.5 Å². The van der Waals surface area contributed by atoms with Crippen molar-refractivity contribution in [3.8, 4) is 0 Å². The van der Waals surface area contributed by atoms with Crippen LogP contribution in [0.2, 0.25) is 5.02 Å². The maximum atomic E-state index is 11.9. The van der Waals surface area contributed by atoms with Gasteiger partial charge in [-0.1, -0.05) is 36.9 Å². The Bertz CT molecular complexity index is 428. The number of rotatable bonds is 2. The van der Waals surface area contributed by atoms with E-state index in [1.807, 2.05) is 19.1 Å². The van der Waals surface area contributed by atoms with Gasteiger partial charge in [0, 0.05) is 16.8 Å². The van der Waals surface area contributed by atoms with E-state index in [1.54, 1.807) is 6.07 Å². The predicted octanol–water partition coefficient (Wildman–Crippen LogP) is 4.10. The molecule has 1 aromatic rings. The standard InChI is InChI=1S/C14H19ClN2O/c1-10-7-8-11(15)9-13(10)17-14(18)16-12-5-3-2-4-6-12/h7-9,12H,2-6H2,1H3,(H2,16,17,18). The Morgan fingerprint density at radius 3 is 2.72 bits per heavy atom. The van der Waals surface area contributed by atoms with Gasteiger partial charge in [-0.2, -0.15) is 0 Å². The van der Waals surface area contributed by atoms with Crippen LogP contribution in [-0.2, 0) is 0 Å². The van der Waals surface area contributed by atoms with E-state index >= 15 is 0 Å². The predicted molar refractivity (Wildman–Crippen MR) is 75.2 cm³/mol. The van der Waals surface area contributed by atoms with Gasteiger partial charge in [-0.15, -0.1) is 0 Å². The molecule has 1 aliphatic rings. The number of hydrogen-bond acceptors (Lipinski definition) is 1. The molecule has 1 aliphatic carbocycles. The summed E-state index contributed by atoms with van der Waals surface area (Å²) in [5.41, 5.74) is 1.79. The number of halogens is 1. The van der Waals surface area contributed by atoms with E-state index in [0.717, 1.165) is 24.1 Å². The molecular formula is C14H19ClN2O. The highest BCUT2D eigenvalue weighted by Gasteiger charge is 2.15. The van der Waals surface area contributed by atoms with Crippen molar-refractivity contribution in [2.24, 2.45) is 0 Å². The third-order valence-corrected chi connectivity index (χ3v) is 3.62. The van der Waals surface area contributed by atoms with E-state index in [9.17, 15) is 4.79 Å². The van der Waals surface area contributed by atoms with Crippen LogP contribution >= 0.6 is 11.6 Å². The first-order chi connectivity index (χ1) is 8.65. The second-order valence-electron chi connectivity index (χ2n) is 4.89. The molecule has 2 rings (SSSR count). The van der Waals surface area contributed by atoms with E-state index in [1.165, 1.54) is 19.3 Å². The highest BCUT2D eigenvalue weighted by atomic mass is 35.5. The lowest BCUT2D eigenvalue weighted by Crippen LogP contribution is -2.39. The monoisotopic (exact) mass is 266 g/mol. The number of aryl methyl sites for hydroxylation is 1. The average molecular weight is 267 g/mol. The number of hydrogen-bond donors (Lipinski definition) is 2. The zero-order valence-corrected chi connectivity index (χ0v) is 11.4. The minimum Gasteiger partial charge on any atom is -0.335 e. The summed E-state index contributed by atoms with van der Waals surface area (Å²) in [6, 6.07) is 5.68. The molecule has 0 spiro atoms. The smallest absolute Gasteiger partial charge is 0.319 e. The van der Waals surface area contributed by atoms with Crippen molar-refractivity contribution < 1.29 is 4.79 Å². The largest absolute Gasteiger partial charge is 0.335 e. The number of carbonyl (C=O) groups is 1. The molecule has 2 N–H and O–H groups in total. The first-order valence-electron chi connectivity index (χ1n) is 6.49. The van der Waals surface area contributed by atoms with Gasteiger partial charge in [0.2, 0.25) is 0 Å². The highest BCUT2D eigenvalue weighted by Crippen LogP contribution is 2.21. The summed E-state index contributed by atoms with van der Waals surface area (Å²) < 4.78 is 0. The Morgan fingerprint density at radius 2 is 2.00 bits per heavy atom. The first-order valence-corrected chi connectivity index (χ1v) is 6.86. The Hall–Kier alpha value is -1.22. The fourth-order valence-corrected chi connectivity index (χ4v) is 2.49. The van der Waals surface area contributed by atoms with Gasteiger partial charge in [-0.25, -0.2) is 4.79 Å². The highest BCUT2D eigenvalue weighted by molar-refractivity contribution is 6.31. The quantitative estimate of drug-likeness (QED) is 0.831. The maximum Gasteiger partial charge on any atom is 0.319 e. The number of amides is 2. The van der Waals surface area contributed by atoms with Crippen LogP contribution < -0.4 is 10.6 Å². The van der Waals surface area contributed by atoms with Crippen molar-refractivity contribution in [1.29, 1.82) is 0 Å². The molecule has 2 amide bonds. The molecule has 0 unspecified atom stereocenters. The fourth-order valence-electron chi connectivity index (χ4n) is 2.32. The van der Waals surface area contributed by atoms with Crippen LogP contribution in [0.15, 0.2) is 18.2 Å². The van der Waals surface area contributed by atoms with Crippen molar-refractivity contribution in [3.63, 3.8) is 0 Å². The third kappa shape index (κ3) is 3.64. The van der Waals surface area contributed by atoms with Crippen molar-refractivity contribution in [2.45, 2.75) is 45.1 Å². The molecule has 0 radical (unpaired) electrons. The number of anilines is 1. The van der Waals surface area contributed by atoms with Gasteiger partial charge < -0.3 is 10.6 Å². The topological polar surface area (TPSA) is 41.1 Å². The SMILES string of the molecule is Cc1ccc(Cl)cc1NC(=O)NC1CCCCC1. The van der Waals surface area contributed by atoms with Crippen LogP contribution in [0.4, 0.5) is 10.5 Å². The number of urea groups is 1. The lowest BCUT2D eigenvalue weighted by atomic mass is 9.96. The van der Waals surface area contributed by atoms with Crippen LogP contribution in [0.3, 0.4) is 0 Å². The maximum absolute atomic E-state index is 11.9. The van der Waals surface area contributed by atoms with Crippen LogP contribution in [0.5, 0.6) is 0 Å². The molecule has 1 saturated carbocycles. The molecule has 4 heteroatoms. The Kier molecular flexibility index (Phi) is 4.48. The van der Waals surface area contributed by atoms with Crippen molar-refractivity contribution >= 4 is 23.3 Å². The zero-order chi connectivity index (χ0) is 13.0. The van der Waals surface area contributed by atoms with E-state index < -0.39 is 0 Å². The average Bonchev–Trinajstić information content (AvgIpc) is 2.35. The second kappa shape index (κ2) is 6.10. The number of benzene rings is 1. The molecule has 0 heterocycles. The van der Waals surface area contributed by atoms with Crippen LogP contribution in [0, 0.1) is 6.92 Å². The van der Waals surface area contributed by atoms with Crippen molar-refractivity contribution in [1.82, 2.24) is 5.32 Å². The van der Waals surface area contributed by atoms with E-state index in [-0.39, 0.29) is 6.03 Å². The Balaban J connectivity index is 1.92. The first kappa shape index (κ1) is 13.2. The van der Waals surface area contributed by atoms with Gasteiger partial charge >= 0.3 is 6.03 Å².